The first-order valence-corrected chi connectivity index (χ1v) is 9.68. The van der Waals surface area contributed by atoms with E-state index >= 15 is 0 Å². The van der Waals surface area contributed by atoms with Crippen LogP contribution in [0.1, 0.15) is 32.2 Å². The molecule has 3 aromatic heterocycles. The highest BCUT2D eigenvalue weighted by Crippen LogP contribution is 2.14. The Hall–Kier alpha value is -4.00. The van der Waals surface area contributed by atoms with E-state index in [9.17, 15) is 9.59 Å². The van der Waals surface area contributed by atoms with Gasteiger partial charge in [0.1, 0.15) is 0 Å². The molecule has 1 aromatic carbocycles. The number of nitrogens with zero attached hydrogens (tertiary/aromatic N) is 3. The third-order valence-electron chi connectivity index (χ3n) is 4.71. The summed E-state index contributed by atoms with van der Waals surface area (Å²) in [5.41, 5.74) is 2.87. The van der Waals surface area contributed by atoms with Gasteiger partial charge in [-0.05, 0) is 41.8 Å². The van der Waals surface area contributed by atoms with Crippen molar-refractivity contribution in [3.05, 3.63) is 102 Å². The molecule has 2 N–H and O–H groups in total. The van der Waals surface area contributed by atoms with Crippen molar-refractivity contribution in [2.45, 2.75) is 13.0 Å². The molecule has 0 spiro atoms. The Morgan fingerprint density at radius 1 is 0.833 bits per heavy atom. The molecule has 0 atom stereocenters. The van der Waals surface area contributed by atoms with Crippen LogP contribution in [0.15, 0.2) is 79.3 Å². The van der Waals surface area contributed by atoms with Gasteiger partial charge in [-0.1, -0.05) is 36.4 Å². The molecule has 4 aromatic rings. The normalized spacial score (nSPS) is 10.7. The molecule has 0 aliphatic carbocycles. The molecule has 150 valence electrons. The predicted molar refractivity (Wildman–Crippen MR) is 113 cm³/mol. The van der Waals surface area contributed by atoms with Gasteiger partial charge in [0.25, 0.3) is 11.8 Å². The molecule has 0 aliphatic rings. The Morgan fingerprint density at radius 2 is 1.60 bits per heavy atom. The standard InChI is InChI=1S/C23H21N5O2/c29-22(26-16-18-9-12-24-13-10-18)20-19-8-4-5-15-28(19)21(27-20)23(30)25-14-11-17-6-2-1-3-7-17/h1-10,12-13,15H,11,14,16H2,(H,25,30)(H,26,29). The molecule has 7 heteroatoms. The van der Waals surface area contributed by atoms with E-state index in [4.69, 9.17) is 0 Å². The van der Waals surface area contributed by atoms with Crippen LogP contribution >= 0.6 is 0 Å². The number of rotatable bonds is 7. The van der Waals surface area contributed by atoms with Crippen LogP contribution < -0.4 is 10.6 Å². The highest BCUT2D eigenvalue weighted by molar-refractivity contribution is 6.02. The second-order valence-electron chi connectivity index (χ2n) is 6.77. The smallest absolute Gasteiger partial charge is 0.287 e. The van der Waals surface area contributed by atoms with E-state index in [0.717, 1.165) is 17.5 Å². The highest BCUT2D eigenvalue weighted by atomic mass is 16.2. The van der Waals surface area contributed by atoms with E-state index in [0.29, 0.717) is 18.6 Å². The minimum atomic E-state index is -0.334. The van der Waals surface area contributed by atoms with Crippen molar-refractivity contribution in [2.24, 2.45) is 0 Å². The zero-order valence-corrected chi connectivity index (χ0v) is 16.3. The van der Waals surface area contributed by atoms with Crippen molar-refractivity contribution < 1.29 is 9.59 Å². The fourth-order valence-electron chi connectivity index (χ4n) is 3.18. The molecule has 2 amide bonds. The van der Waals surface area contributed by atoms with Crippen LogP contribution in [0.5, 0.6) is 0 Å². The van der Waals surface area contributed by atoms with Gasteiger partial charge < -0.3 is 10.6 Å². The molecule has 0 saturated carbocycles. The quantitative estimate of drug-likeness (QED) is 0.500. The number of benzene rings is 1. The first kappa shape index (κ1) is 19.3. The number of fused-ring (bicyclic) bond motifs is 1. The lowest BCUT2D eigenvalue weighted by atomic mass is 10.1. The Balaban J connectivity index is 1.48. The Morgan fingerprint density at radius 3 is 2.40 bits per heavy atom. The number of carbonyl (C=O) groups excluding carboxylic acids is 2. The number of amides is 2. The van der Waals surface area contributed by atoms with Gasteiger partial charge in [0.05, 0.1) is 5.52 Å². The third kappa shape index (κ3) is 4.35. The maximum atomic E-state index is 12.7. The first-order valence-electron chi connectivity index (χ1n) is 9.68. The molecule has 30 heavy (non-hydrogen) atoms. The molecule has 0 saturated heterocycles. The Labute approximate surface area is 173 Å². The summed E-state index contributed by atoms with van der Waals surface area (Å²) in [7, 11) is 0. The summed E-state index contributed by atoms with van der Waals surface area (Å²) in [5, 5.41) is 5.74. The van der Waals surface area contributed by atoms with Crippen molar-refractivity contribution >= 4 is 17.3 Å². The van der Waals surface area contributed by atoms with Crippen molar-refractivity contribution in [3.63, 3.8) is 0 Å². The van der Waals surface area contributed by atoms with Crippen molar-refractivity contribution in [1.82, 2.24) is 25.0 Å². The number of hydrogen-bond donors (Lipinski definition) is 2. The Bertz CT molecular complexity index is 1160. The van der Waals surface area contributed by atoms with Gasteiger partial charge in [0.15, 0.2) is 5.69 Å². The molecule has 0 fully saturated rings. The van der Waals surface area contributed by atoms with Crippen molar-refractivity contribution in [3.8, 4) is 0 Å². The second kappa shape index (κ2) is 9.00. The van der Waals surface area contributed by atoms with Crippen LogP contribution in [0, 0.1) is 0 Å². The topological polar surface area (TPSA) is 88.4 Å². The summed E-state index contributed by atoms with van der Waals surface area (Å²) in [6, 6.07) is 19.0. The maximum Gasteiger partial charge on any atom is 0.287 e. The van der Waals surface area contributed by atoms with Crippen molar-refractivity contribution in [2.75, 3.05) is 6.54 Å². The fraction of sp³-hybridized carbons (Fsp3) is 0.130. The number of nitrogens with one attached hydrogen (secondary N) is 2. The SMILES string of the molecule is O=C(NCc1ccncc1)c1nc(C(=O)NCCc2ccccc2)n2ccccc12. The van der Waals surface area contributed by atoms with Crippen LogP contribution in [0.2, 0.25) is 0 Å². The molecule has 7 nitrogen and oxygen atoms in total. The summed E-state index contributed by atoms with van der Waals surface area (Å²) >= 11 is 0. The average molecular weight is 399 g/mol. The van der Waals surface area contributed by atoms with Gasteiger partial charge in [0.2, 0.25) is 5.82 Å². The molecular formula is C23H21N5O2. The van der Waals surface area contributed by atoms with Gasteiger partial charge in [-0.2, -0.15) is 0 Å². The van der Waals surface area contributed by atoms with E-state index in [1.54, 1.807) is 35.1 Å². The lowest BCUT2D eigenvalue weighted by Crippen LogP contribution is -2.28. The molecule has 0 radical (unpaired) electrons. The summed E-state index contributed by atoms with van der Waals surface area (Å²) in [6.45, 7) is 0.833. The van der Waals surface area contributed by atoms with Gasteiger partial charge >= 0.3 is 0 Å². The van der Waals surface area contributed by atoms with Gasteiger partial charge in [-0.15, -0.1) is 0 Å². The van der Waals surface area contributed by atoms with E-state index < -0.39 is 0 Å². The van der Waals surface area contributed by atoms with Gasteiger partial charge in [-0.3, -0.25) is 19.0 Å². The zero-order valence-electron chi connectivity index (χ0n) is 16.3. The molecule has 0 bridgehead atoms. The van der Waals surface area contributed by atoms with Crippen LogP contribution in [-0.4, -0.2) is 32.7 Å². The van der Waals surface area contributed by atoms with Crippen molar-refractivity contribution in [1.29, 1.82) is 0 Å². The van der Waals surface area contributed by atoms with Crippen LogP contribution in [0.25, 0.3) is 5.52 Å². The highest BCUT2D eigenvalue weighted by Gasteiger charge is 2.21. The summed E-state index contributed by atoms with van der Waals surface area (Å²) < 4.78 is 1.64. The number of aromatic nitrogens is 3. The minimum Gasteiger partial charge on any atom is -0.349 e. The molecule has 0 aliphatic heterocycles. The lowest BCUT2D eigenvalue weighted by molar-refractivity contribution is 0.0943. The van der Waals surface area contributed by atoms with Crippen LogP contribution in [-0.2, 0) is 13.0 Å². The molecule has 4 rings (SSSR count). The fourth-order valence-corrected chi connectivity index (χ4v) is 3.18. The van der Waals surface area contributed by atoms with E-state index in [1.165, 1.54) is 0 Å². The summed E-state index contributed by atoms with van der Waals surface area (Å²) in [4.78, 5) is 33.8. The van der Waals surface area contributed by atoms with E-state index in [2.05, 4.69) is 20.6 Å². The maximum absolute atomic E-state index is 12.7. The Kier molecular flexibility index (Phi) is 5.80. The molecule has 3 heterocycles. The van der Waals surface area contributed by atoms with Gasteiger partial charge in [0, 0.05) is 31.7 Å². The first-order chi connectivity index (χ1) is 14.7. The lowest BCUT2D eigenvalue weighted by Gasteiger charge is -2.04. The largest absolute Gasteiger partial charge is 0.349 e. The summed E-state index contributed by atoms with van der Waals surface area (Å²) in [6.07, 6.45) is 5.79. The second-order valence-corrected chi connectivity index (χ2v) is 6.77. The molecular weight excluding hydrogens is 378 g/mol. The monoisotopic (exact) mass is 399 g/mol. The van der Waals surface area contributed by atoms with E-state index in [-0.39, 0.29) is 23.3 Å². The zero-order chi connectivity index (χ0) is 20.8. The van der Waals surface area contributed by atoms with Crippen LogP contribution in [0.3, 0.4) is 0 Å². The number of hydrogen-bond acceptors (Lipinski definition) is 4. The third-order valence-corrected chi connectivity index (χ3v) is 4.71. The number of pyridine rings is 2. The number of carbonyl (C=O) groups is 2. The van der Waals surface area contributed by atoms with Gasteiger partial charge in [-0.25, -0.2) is 4.98 Å². The van der Waals surface area contributed by atoms with Crippen LogP contribution in [0.4, 0.5) is 0 Å². The summed E-state index contributed by atoms with van der Waals surface area (Å²) in [5.74, 6) is -0.466. The molecule has 0 unspecified atom stereocenters. The average Bonchev–Trinajstić information content (AvgIpc) is 3.19. The van der Waals surface area contributed by atoms with E-state index in [1.807, 2.05) is 48.5 Å². The predicted octanol–water partition coefficient (Wildman–Crippen LogP) is 2.63. The minimum absolute atomic E-state index is 0.188. The number of imidazole rings is 1.